The summed E-state index contributed by atoms with van der Waals surface area (Å²) in [6.45, 7) is 6.81. The number of allylic oxidation sites excluding steroid dienone is 3. The fraction of sp³-hybridized carbons (Fsp3) is 0.750. The van der Waals surface area contributed by atoms with Crippen LogP contribution in [0.15, 0.2) is 24.5 Å². The van der Waals surface area contributed by atoms with Gasteiger partial charge in [-0.3, -0.25) is 0 Å². The molecule has 1 rings (SSSR count). The van der Waals surface area contributed by atoms with E-state index in [4.69, 9.17) is 4.43 Å². The van der Waals surface area contributed by atoms with Crippen LogP contribution in [0.4, 0.5) is 0 Å². The first-order valence-corrected chi connectivity index (χ1v) is 10.3. The summed E-state index contributed by atoms with van der Waals surface area (Å²) in [5.41, 5.74) is 0. The molecular weight excluding hydrogens is 236 g/mol. The topological polar surface area (TPSA) is 9.23 Å². The predicted octanol–water partition coefficient (Wildman–Crippen LogP) is 5.66. The van der Waals surface area contributed by atoms with E-state index in [9.17, 15) is 0 Å². The minimum Gasteiger partial charge on any atom is -0.549 e. The molecule has 0 saturated heterocycles. The molecule has 1 fully saturated rings. The van der Waals surface area contributed by atoms with Crippen LogP contribution in [0, 0.1) is 5.92 Å². The third-order valence-electron chi connectivity index (χ3n) is 4.47. The Bertz CT molecular complexity index is 252. The van der Waals surface area contributed by atoms with E-state index < -0.39 is 8.32 Å². The zero-order chi connectivity index (χ0) is 13.3. The summed E-state index contributed by atoms with van der Waals surface area (Å²) in [6.07, 6.45) is 15.6. The van der Waals surface area contributed by atoms with Gasteiger partial charge in [0, 0.05) is 0 Å². The molecule has 0 aromatic rings. The van der Waals surface area contributed by atoms with Gasteiger partial charge < -0.3 is 4.43 Å². The van der Waals surface area contributed by atoms with Gasteiger partial charge in [-0.1, -0.05) is 52.2 Å². The molecule has 2 heteroatoms. The molecule has 1 aliphatic rings. The van der Waals surface area contributed by atoms with Gasteiger partial charge in [-0.05, 0) is 43.0 Å². The van der Waals surface area contributed by atoms with E-state index in [1.807, 2.05) is 6.26 Å². The molecule has 104 valence electrons. The highest BCUT2D eigenvalue weighted by molar-refractivity contribution is 6.73. The molecule has 0 N–H and O–H groups in total. The summed E-state index contributed by atoms with van der Waals surface area (Å²) in [4.78, 5) is 0. The summed E-state index contributed by atoms with van der Waals surface area (Å²) in [5.74, 6) is 0.814. The second kappa shape index (κ2) is 8.57. The number of hydrogen-bond donors (Lipinski definition) is 0. The molecule has 0 atom stereocenters. The zero-order valence-electron chi connectivity index (χ0n) is 12.5. The Morgan fingerprint density at radius 2 is 1.56 bits per heavy atom. The minimum absolute atomic E-state index is 0.814. The van der Waals surface area contributed by atoms with Crippen LogP contribution in [0.1, 0.15) is 52.9 Å². The fourth-order valence-corrected chi connectivity index (χ4v) is 5.14. The molecule has 0 spiro atoms. The van der Waals surface area contributed by atoms with Gasteiger partial charge in [-0.15, -0.1) is 0 Å². The summed E-state index contributed by atoms with van der Waals surface area (Å²) < 4.78 is 6.07. The maximum atomic E-state index is 6.07. The van der Waals surface area contributed by atoms with E-state index in [1.165, 1.54) is 50.2 Å². The standard InChI is InChI=1S/C16H30OSi/c1-4-18(5-2,6-3)17-15-11-10-14-16-12-8-7-9-13-16/h10-11,14-16H,4-9,12-13H2,1-3H3. The van der Waals surface area contributed by atoms with Crippen molar-refractivity contribution in [2.75, 3.05) is 0 Å². The molecule has 0 aromatic carbocycles. The van der Waals surface area contributed by atoms with Gasteiger partial charge in [0.15, 0.2) is 0 Å². The summed E-state index contributed by atoms with van der Waals surface area (Å²) in [6, 6.07) is 3.66. The average Bonchev–Trinajstić information content (AvgIpc) is 2.45. The van der Waals surface area contributed by atoms with Crippen molar-refractivity contribution in [3.63, 3.8) is 0 Å². The smallest absolute Gasteiger partial charge is 0.249 e. The van der Waals surface area contributed by atoms with E-state index in [-0.39, 0.29) is 0 Å². The van der Waals surface area contributed by atoms with E-state index in [2.05, 4.69) is 39.0 Å². The lowest BCUT2D eigenvalue weighted by Crippen LogP contribution is -2.33. The summed E-state index contributed by atoms with van der Waals surface area (Å²) in [7, 11) is -1.43. The molecule has 1 aliphatic carbocycles. The van der Waals surface area contributed by atoms with E-state index in [0.29, 0.717) is 0 Å². The van der Waals surface area contributed by atoms with Crippen molar-refractivity contribution in [2.45, 2.75) is 71.0 Å². The fourth-order valence-electron chi connectivity index (χ4n) is 2.78. The zero-order valence-corrected chi connectivity index (χ0v) is 13.5. The van der Waals surface area contributed by atoms with Gasteiger partial charge in [-0.25, -0.2) is 0 Å². The average molecular weight is 267 g/mol. The molecule has 0 heterocycles. The largest absolute Gasteiger partial charge is 0.549 e. The molecule has 0 aromatic heterocycles. The molecule has 0 amide bonds. The minimum atomic E-state index is -1.43. The first-order chi connectivity index (χ1) is 8.76. The molecule has 0 aliphatic heterocycles. The van der Waals surface area contributed by atoms with Crippen molar-refractivity contribution in [2.24, 2.45) is 5.92 Å². The Hall–Kier alpha value is -0.503. The van der Waals surface area contributed by atoms with Crippen LogP contribution in [0.3, 0.4) is 0 Å². The van der Waals surface area contributed by atoms with Crippen molar-refractivity contribution in [3.8, 4) is 0 Å². The predicted molar refractivity (Wildman–Crippen MR) is 83.1 cm³/mol. The summed E-state index contributed by atoms with van der Waals surface area (Å²) in [5, 5.41) is 0. The van der Waals surface area contributed by atoms with Gasteiger partial charge >= 0.3 is 0 Å². The highest BCUT2D eigenvalue weighted by atomic mass is 28.4. The highest BCUT2D eigenvalue weighted by Crippen LogP contribution is 2.24. The molecule has 1 saturated carbocycles. The third-order valence-corrected chi connectivity index (χ3v) is 8.98. The lowest BCUT2D eigenvalue weighted by Gasteiger charge is -2.26. The second-order valence-corrected chi connectivity index (χ2v) is 10.2. The summed E-state index contributed by atoms with van der Waals surface area (Å²) >= 11 is 0. The Morgan fingerprint density at radius 1 is 0.944 bits per heavy atom. The maximum absolute atomic E-state index is 6.07. The van der Waals surface area contributed by atoms with Gasteiger partial charge in [0.25, 0.3) is 0 Å². The molecule has 0 unspecified atom stereocenters. The van der Waals surface area contributed by atoms with Crippen LogP contribution >= 0.6 is 0 Å². The monoisotopic (exact) mass is 266 g/mol. The van der Waals surface area contributed by atoms with Crippen LogP contribution in [0.5, 0.6) is 0 Å². The van der Waals surface area contributed by atoms with Crippen molar-refractivity contribution >= 4 is 8.32 Å². The SMILES string of the molecule is CC[Si](CC)(CC)OC=CC=CC1CCCCC1. The highest BCUT2D eigenvalue weighted by Gasteiger charge is 2.28. The van der Waals surface area contributed by atoms with E-state index in [1.54, 1.807) is 0 Å². The molecule has 18 heavy (non-hydrogen) atoms. The van der Waals surface area contributed by atoms with Crippen molar-refractivity contribution in [1.29, 1.82) is 0 Å². The Kier molecular flexibility index (Phi) is 7.41. The Labute approximate surface area is 114 Å². The normalized spacial score (nSPS) is 18.8. The number of rotatable bonds is 7. The van der Waals surface area contributed by atoms with E-state index >= 15 is 0 Å². The molecule has 0 bridgehead atoms. The third kappa shape index (κ3) is 5.01. The maximum Gasteiger partial charge on any atom is 0.249 e. The van der Waals surface area contributed by atoms with Gasteiger partial charge in [0.1, 0.15) is 0 Å². The van der Waals surface area contributed by atoms with Gasteiger partial charge in [0.05, 0.1) is 6.26 Å². The van der Waals surface area contributed by atoms with Crippen LogP contribution < -0.4 is 0 Å². The van der Waals surface area contributed by atoms with Gasteiger partial charge in [0.2, 0.25) is 8.32 Å². The Balaban J connectivity index is 2.33. The number of hydrogen-bond acceptors (Lipinski definition) is 1. The van der Waals surface area contributed by atoms with Crippen LogP contribution in [0.25, 0.3) is 0 Å². The second-order valence-electron chi connectivity index (χ2n) is 5.47. The lowest BCUT2D eigenvalue weighted by molar-refractivity contribution is 0.419. The van der Waals surface area contributed by atoms with Crippen LogP contribution in [0.2, 0.25) is 18.1 Å². The lowest BCUT2D eigenvalue weighted by atomic mass is 9.89. The van der Waals surface area contributed by atoms with E-state index in [0.717, 1.165) is 5.92 Å². The van der Waals surface area contributed by atoms with Gasteiger partial charge in [-0.2, -0.15) is 0 Å². The first-order valence-electron chi connectivity index (χ1n) is 7.77. The van der Waals surface area contributed by atoms with Crippen molar-refractivity contribution < 1.29 is 4.43 Å². The quantitative estimate of drug-likeness (QED) is 0.328. The first kappa shape index (κ1) is 15.6. The molecule has 0 radical (unpaired) electrons. The Morgan fingerprint density at radius 3 is 2.11 bits per heavy atom. The molecule has 1 nitrogen and oxygen atoms in total. The molecular formula is C16H30OSi. The van der Waals surface area contributed by atoms with Crippen LogP contribution in [-0.2, 0) is 4.43 Å². The van der Waals surface area contributed by atoms with Crippen LogP contribution in [-0.4, -0.2) is 8.32 Å². The van der Waals surface area contributed by atoms with Crippen molar-refractivity contribution in [3.05, 3.63) is 24.5 Å². The van der Waals surface area contributed by atoms with Crippen molar-refractivity contribution in [1.82, 2.24) is 0 Å².